The van der Waals surface area contributed by atoms with Crippen molar-refractivity contribution in [3.8, 4) is 0 Å². The van der Waals surface area contributed by atoms with Crippen molar-refractivity contribution in [3.63, 3.8) is 0 Å². The molecule has 2 unspecified atom stereocenters. The Bertz CT molecular complexity index is 784. The predicted octanol–water partition coefficient (Wildman–Crippen LogP) is 6.55. The molecule has 1 fully saturated rings. The molecule has 158 valence electrons. The van der Waals surface area contributed by atoms with Crippen LogP contribution in [0.15, 0.2) is 48.5 Å². The Kier molecular flexibility index (Phi) is 7.34. The molecule has 0 spiro atoms. The zero-order valence-corrected chi connectivity index (χ0v) is 19.9. The van der Waals surface area contributed by atoms with Crippen LogP contribution in [0.3, 0.4) is 0 Å². The first kappa shape index (κ1) is 22.2. The number of benzene rings is 2. The summed E-state index contributed by atoms with van der Waals surface area (Å²) in [5, 5.41) is 0. The minimum Gasteiger partial charge on any atom is -0.320 e. The normalized spacial score (nSPS) is 20.0. The maximum atomic E-state index is 2.74. The van der Waals surface area contributed by atoms with Crippen molar-refractivity contribution in [2.45, 2.75) is 58.4 Å². The van der Waals surface area contributed by atoms with Crippen molar-refractivity contribution in [1.29, 1.82) is 0 Å². The Morgan fingerprint density at radius 1 is 1.17 bits per heavy atom. The summed E-state index contributed by atoms with van der Waals surface area (Å²) >= 11 is 1.75. The van der Waals surface area contributed by atoms with Crippen LogP contribution in [-0.2, 0) is 6.42 Å². The molecule has 0 radical (unpaired) electrons. The highest BCUT2D eigenvalue weighted by atomic mass is 32.2. The minimum absolute atomic E-state index is 0.228. The molecule has 1 aliphatic rings. The Balaban J connectivity index is 1.54. The molecule has 3 rings (SSSR count). The van der Waals surface area contributed by atoms with Gasteiger partial charge in [0.2, 0.25) is 0 Å². The largest absolute Gasteiger partial charge is 0.320 e. The summed E-state index contributed by atoms with van der Waals surface area (Å²) in [6.07, 6.45) is 5.80. The van der Waals surface area contributed by atoms with Gasteiger partial charge in [0.15, 0.2) is 0 Å². The van der Waals surface area contributed by atoms with Gasteiger partial charge in [-0.2, -0.15) is 0 Å². The second-order valence-corrected chi connectivity index (χ2v) is 10.3. The summed E-state index contributed by atoms with van der Waals surface area (Å²) < 4.78 is 2.20. The number of hydrogen-bond donors (Lipinski definition) is 0. The smallest absolute Gasteiger partial charge is 0.0466 e. The molecule has 0 saturated carbocycles. The fraction of sp³-hybridized carbons (Fsp3) is 0.538. The molecule has 0 aromatic heterocycles. The molecule has 2 atom stereocenters. The van der Waals surface area contributed by atoms with Gasteiger partial charge in [-0.25, -0.2) is 0 Å². The van der Waals surface area contributed by atoms with E-state index in [0.717, 1.165) is 0 Å². The molecule has 3 heteroatoms. The van der Waals surface area contributed by atoms with E-state index >= 15 is 0 Å². The van der Waals surface area contributed by atoms with Gasteiger partial charge in [-0.15, -0.1) is 0 Å². The lowest BCUT2D eigenvalue weighted by molar-refractivity contribution is 0.138. The Morgan fingerprint density at radius 3 is 2.55 bits per heavy atom. The van der Waals surface area contributed by atoms with Gasteiger partial charge in [-0.1, -0.05) is 60.8 Å². The monoisotopic (exact) mass is 410 g/mol. The maximum absolute atomic E-state index is 2.74. The highest BCUT2D eigenvalue weighted by Gasteiger charge is 2.42. The third-order valence-corrected chi connectivity index (χ3v) is 7.59. The molecule has 1 saturated heterocycles. The van der Waals surface area contributed by atoms with E-state index in [1.807, 2.05) is 0 Å². The third kappa shape index (κ3) is 5.38. The van der Waals surface area contributed by atoms with Crippen LogP contribution in [-0.4, -0.2) is 36.8 Å². The number of anilines is 1. The molecule has 2 nitrogen and oxygen atoms in total. The standard InChI is InChI=1S/C26H38N2S/c1-20-8-7-9-23(18-20)25-16-17-28(26(25,3)4)19-21(2)10-11-22-12-14-24(15-13-22)27(5)29-6/h7-9,12-15,18,21,25H,10-11,16-17,19H2,1-6H3. The average molecular weight is 411 g/mol. The van der Waals surface area contributed by atoms with Gasteiger partial charge in [0.25, 0.3) is 0 Å². The van der Waals surface area contributed by atoms with Crippen molar-refractivity contribution in [2.24, 2.45) is 5.92 Å². The molecule has 0 amide bonds. The molecule has 1 heterocycles. The lowest BCUT2D eigenvalue weighted by Crippen LogP contribution is -2.43. The van der Waals surface area contributed by atoms with Crippen LogP contribution in [0.5, 0.6) is 0 Å². The molecular weight excluding hydrogens is 372 g/mol. The van der Waals surface area contributed by atoms with Crippen LogP contribution < -0.4 is 4.31 Å². The van der Waals surface area contributed by atoms with Crippen LogP contribution in [0, 0.1) is 12.8 Å². The Hall–Kier alpha value is -1.45. The molecule has 29 heavy (non-hydrogen) atoms. The second kappa shape index (κ2) is 9.57. The Morgan fingerprint density at radius 2 is 1.90 bits per heavy atom. The molecule has 0 aliphatic carbocycles. The zero-order valence-electron chi connectivity index (χ0n) is 19.1. The van der Waals surface area contributed by atoms with Crippen LogP contribution in [0.1, 0.15) is 56.2 Å². The van der Waals surface area contributed by atoms with Gasteiger partial charge in [-0.05, 0) is 75.8 Å². The van der Waals surface area contributed by atoms with E-state index in [-0.39, 0.29) is 5.54 Å². The number of aryl methyl sites for hydroxylation is 2. The van der Waals surface area contributed by atoms with Crippen LogP contribution in [0.25, 0.3) is 0 Å². The predicted molar refractivity (Wildman–Crippen MR) is 130 cm³/mol. The second-order valence-electron chi connectivity index (χ2n) is 9.35. The summed E-state index contributed by atoms with van der Waals surface area (Å²) in [5.74, 6) is 1.34. The topological polar surface area (TPSA) is 6.48 Å². The highest BCUT2D eigenvalue weighted by Crippen LogP contribution is 2.42. The Labute approximate surface area is 182 Å². The number of rotatable bonds is 8. The zero-order chi connectivity index (χ0) is 21.0. The van der Waals surface area contributed by atoms with Crippen LogP contribution in [0.2, 0.25) is 0 Å². The molecule has 1 aliphatic heterocycles. The van der Waals surface area contributed by atoms with Crippen molar-refractivity contribution >= 4 is 17.6 Å². The first-order valence-corrected chi connectivity index (χ1v) is 12.2. The lowest BCUT2D eigenvalue weighted by atomic mass is 9.82. The SMILES string of the molecule is CSN(C)c1ccc(CCC(C)CN2CCC(c3cccc(C)c3)C2(C)C)cc1. The number of hydrogen-bond acceptors (Lipinski definition) is 3. The molecule has 2 aromatic rings. The molecule has 0 bridgehead atoms. The van der Waals surface area contributed by atoms with Crippen molar-refractivity contribution in [1.82, 2.24) is 4.90 Å². The summed E-state index contributed by atoms with van der Waals surface area (Å²) in [4.78, 5) is 2.74. The van der Waals surface area contributed by atoms with Gasteiger partial charge >= 0.3 is 0 Å². The first-order valence-electron chi connectivity index (χ1n) is 11.0. The van der Waals surface area contributed by atoms with E-state index in [1.165, 1.54) is 54.7 Å². The quantitative estimate of drug-likeness (QED) is 0.456. The number of likely N-dealkylation sites (tertiary alicyclic amines) is 1. The number of nitrogens with zero attached hydrogens (tertiary/aromatic N) is 2. The van der Waals surface area contributed by atoms with E-state index in [0.29, 0.717) is 11.8 Å². The average Bonchev–Trinajstić information content (AvgIpc) is 3.00. The fourth-order valence-electron chi connectivity index (χ4n) is 4.79. The summed E-state index contributed by atoms with van der Waals surface area (Å²) in [5.41, 5.74) is 5.84. The fourth-order valence-corrected chi connectivity index (χ4v) is 5.13. The summed E-state index contributed by atoms with van der Waals surface area (Å²) in [6.45, 7) is 11.9. The van der Waals surface area contributed by atoms with Crippen molar-refractivity contribution in [2.75, 3.05) is 30.7 Å². The molecule has 2 aromatic carbocycles. The third-order valence-electron chi connectivity index (χ3n) is 6.83. The van der Waals surface area contributed by atoms with E-state index in [1.54, 1.807) is 11.9 Å². The van der Waals surface area contributed by atoms with Crippen LogP contribution >= 0.6 is 11.9 Å². The van der Waals surface area contributed by atoms with Crippen molar-refractivity contribution < 1.29 is 0 Å². The van der Waals surface area contributed by atoms with E-state index < -0.39 is 0 Å². The van der Waals surface area contributed by atoms with E-state index in [4.69, 9.17) is 0 Å². The van der Waals surface area contributed by atoms with E-state index in [2.05, 4.69) is 98.7 Å². The van der Waals surface area contributed by atoms with E-state index in [9.17, 15) is 0 Å². The maximum Gasteiger partial charge on any atom is 0.0466 e. The lowest BCUT2D eigenvalue weighted by Gasteiger charge is -2.38. The first-order chi connectivity index (χ1) is 13.8. The molecule has 0 N–H and O–H groups in total. The van der Waals surface area contributed by atoms with Gasteiger partial charge in [0, 0.05) is 37.0 Å². The van der Waals surface area contributed by atoms with Gasteiger partial charge in [0.1, 0.15) is 0 Å². The van der Waals surface area contributed by atoms with Gasteiger partial charge < -0.3 is 4.31 Å². The summed E-state index contributed by atoms with van der Waals surface area (Å²) in [7, 11) is 2.11. The van der Waals surface area contributed by atoms with Gasteiger partial charge in [0.05, 0.1) is 0 Å². The van der Waals surface area contributed by atoms with Gasteiger partial charge in [-0.3, -0.25) is 4.90 Å². The minimum atomic E-state index is 0.228. The highest BCUT2D eigenvalue weighted by molar-refractivity contribution is 7.99. The molecular formula is C26H38N2S. The van der Waals surface area contributed by atoms with Crippen LogP contribution in [0.4, 0.5) is 5.69 Å². The summed E-state index contributed by atoms with van der Waals surface area (Å²) in [6, 6.07) is 18.2. The van der Waals surface area contributed by atoms with Crippen molar-refractivity contribution in [3.05, 3.63) is 65.2 Å².